The van der Waals surface area contributed by atoms with Crippen LogP contribution >= 0.6 is 0 Å². The first kappa shape index (κ1) is 23.0. The van der Waals surface area contributed by atoms with Gasteiger partial charge in [0, 0.05) is 0 Å². The second-order valence-electron chi connectivity index (χ2n) is 8.01. The minimum Gasteiger partial charge on any atom is -0.481 e. The number of carbonyl (C=O) groups excluding carboxylic acids is 1. The zero-order valence-electron chi connectivity index (χ0n) is 17.0. The monoisotopic (exact) mass is 368 g/mol. The SMILES string of the molecule is CCCCCCCC(CCCCCC)OC(=O)C1CCCC(C(=O)O)C1. The van der Waals surface area contributed by atoms with Gasteiger partial charge < -0.3 is 9.84 Å². The first-order valence-electron chi connectivity index (χ1n) is 11.0. The highest BCUT2D eigenvalue weighted by Gasteiger charge is 2.32. The van der Waals surface area contributed by atoms with E-state index in [0.29, 0.717) is 12.8 Å². The molecule has 0 amide bonds. The van der Waals surface area contributed by atoms with Crippen LogP contribution in [0.15, 0.2) is 0 Å². The highest BCUT2D eigenvalue weighted by Crippen LogP contribution is 2.31. The van der Waals surface area contributed by atoms with E-state index in [1.165, 1.54) is 44.9 Å². The Morgan fingerprint density at radius 2 is 1.42 bits per heavy atom. The van der Waals surface area contributed by atoms with Gasteiger partial charge in [0.05, 0.1) is 11.8 Å². The minimum atomic E-state index is -0.769. The van der Waals surface area contributed by atoms with Gasteiger partial charge in [-0.2, -0.15) is 0 Å². The first-order chi connectivity index (χ1) is 12.6. The topological polar surface area (TPSA) is 63.6 Å². The second kappa shape index (κ2) is 14.1. The summed E-state index contributed by atoms with van der Waals surface area (Å²) in [5.41, 5.74) is 0. The summed E-state index contributed by atoms with van der Waals surface area (Å²) in [6, 6.07) is 0. The van der Waals surface area contributed by atoms with Gasteiger partial charge in [-0.25, -0.2) is 0 Å². The summed E-state index contributed by atoms with van der Waals surface area (Å²) in [6.45, 7) is 4.42. The molecule has 0 radical (unpaired) electrons. The summed E-state index contributed by atoms with van der Waals surface area (Å²) >= 11 is 0. The number of carbonyl (C=O) groups is 2. The van der Waals surface area contributed by atoms with E-state index >= 15 is 0 Å². The van der Waals surface area contributed by atoms with Crippen molar-refractivity contribution in [2.75, 3.05) is 0 Å². The molecule has 26 heavy (non-hydrogen) atoms. The third kappa shape index (κ3) is 9.59. The summed E-state index contributed by atoms with van der Waals surface area (Å²) in [6.07, 6.45) is 15.5. The number of aliphatic carboxylic acids is 1. The van der Waals surface area contributed by atoms with E-state index in [0.717, 1.165) is 38.5 Å². The molecule has 1 fully saturated rings. The van der Waals surface area contributed by atoms with Gasteiger partial charge in [-0.3, -0.25) is 9.59 Å². The molecule has 1 aliphatic carbocycles. The fourth-order valence-electron chi connectivity index (χ4n) is 3.93. The van der Waals surface area contributed by atoms with Crippen LogP contribution in [-0.4, -0.2) is 23.1 Å². The molecule has 4 nitrogen and oxygen atoms in total. The van der Waals surface area contributed by atoms with Crippen LogP contribution in [-0.2, 0) is 14.3 Å². The van der Waals surface area contributed by atoms with Gasteiger partial charge in [-0.1, -0.05) is 65.2 Å². The Labute approximate surface area is 160 Å². The average molecular weight is 369 g/mol. The van der Waals surface area contributed by atoms with Gasteiger partial charge in [0.25, 0.3) is 0 Å². The molecule has 1 saturated carbocycles. The third-order valence-electron chi connectivity index (χ3n) is 5.65. The fourth-order valence-corrected chi connectivity index (χ4v) is 3.93. The van der Waals surface area contributed by atoms with Gasteiger partial charge in [-0.15, -0.1) is 0 Å². The van der Waals surface area contributed by atoms with Gasteiger partial charge in [0.2, 0.25) is 0 Å². The van der Waals surface area contributed by atoms with Crippen molar-refractivity contribution in [1.82, 2.24) is 0 Å². The number of carboxylic acid groups (broad SMARTS) is 1. The maximum atomic E-state index is 12.6. The predicted octanol–water partition coefficient (Wildman–Crippen LogP) is 6.12. The number of rotatable bonds is 14. The molecule has 1 N–H and O–H groups in total. The normalized spacial score (nSPS) is 21.3. The summed E-state index contributed by atoms with van der Waals surface area (Å²) in [5, 5.41) is 9.22. The minimum absolute atomic E-state index is 0.0196. The van der Waals surface area contributed by atoms with Crippen molar-refractivity contribution in [3.05, 3.63) is 0 Å². The van der Waals surface area contributed by atoms with E-state index in [4.69, 9.17) is 4.74 Å². The van der Waals surface area contributed by atoms with Crippen molar-refractivity contribution < 1.29 is 19.4 Å². The lowest BCUT2D eigenvalue weighted by Crippen LogP contribution is -2.31. The number of ether oxygens (including phenoxy) is 1. The molecule has 3 atom stereocenters. The molecule has 0 aromatic heterocycles. The highest BCUT2D eigenvalue weighted by atomic mass is 16.5. The van der Waals surface area contributed by atoms with E-state index in [2.05, 4.69) is 13.8 Å². The molecule has 4 heteroatoms. The van der Waals surface area contributed by atoms with E-state index in [9.17, 15) is 14.7 Å². The lowest BCUT2D eigenvalue weighted by atomic mass is 9.81. The molecule has 0 aromatic rings. The molecule has 0 bridgehead atoms. The Bertz CT molecular complexity index is 394. The fraction of sp³-hybridized carbons (Fsp3) is 0.909. The number of hydrogen-bond donors (Lipinski definition) is 1. The maximum Gasteiger partial charge on any atom is 0.309 e. The van der Waals surface area contributed by atoms with Crippen molar-refractivity contribution in [3.8, 4) is 0 Å². The summed E-state index contributed by atoms with van der Waals surface area (Å²) < 4.78 is 5.87. The zero-order chi connectivity index (χ0) is 19.2. The third-order valence-corrected chi connectivity index (χ3v) is 5.65. The van der Waals surface area contributed by atoms with Crippen LogP contribution in [0.1, 0.15) is 110 Å². The second-order valence-corrected chi connectivity index (χ2v) is 8.01. The lowest BCUT2D eigenvalue weighted by molar-refractivity contribution is -0.158. The Morgan fingerprint density at radius 3 is 2.00 bits per heavy atom. The molecule has 0 heterocycles. The molecular weight excluding hydrogens is 328 g/mol. The van der Waals surface area contributed by atoms with E-state index in [1.54, 1.807) is 0 Å². The molecule has 1 aliphatic rings. The predicted molar refractivity (Wildman–Crippen MR) is 105 cm³/mol. The number of unbranched alkanes of at least 4 members (excludes halogenated alkanes) is 7. The molecule has 0 aromatic carbocycles. The smallest absolute Gasteiger partial charge is 0.309 e. The summed E-state index contributed by atoms with van der Waals surface area (Å²) in [5.74, 6) is -1.51. The van der Waals surface area contributed by atoms with Gasteiger partial charge in [0.15, 0.2) is 0 Å². The van der Waals surface area contributed by atoms with Crippen LogP contribution < -0.4 is 0 Å². The summed E-state index contributed by atoms with van der Waals surface area (Å²) in [7, 11) is 0. The lowest BCUT2D eigenvalue weighted by Gasteiger charge is -2.27. The van der Waals surface area contributed by atoms with Crippen LogP contribution in [0, 0.1) is 11.8 Å². The maximum absolute atomic E-state index is 12.6. The van der Waals surface area contributed by atoms with Gasteiger partial charge in [-0.05, 0) is 44.9 Å². The van der Waals surface area contributed by atoms with Gasteiger partial charge >= 0.3 is 11.9 Å². The quantitative estimate of drug-likeness (QED) is 0.296. The molecule has 152 valence electrons. The van der Waals surface area contributed by atoms with Crippen molar-refractivity contribution in [1.29, 1.82) is 0 Å². The Morgan fingerprint density at radius 1 is 0.885 bits per heavy atom. The standard InChI is InChI=1S/C22H40O4/c1-3-5-7-9-11-16-20(15-10-8-6-4-2)26-22(25)19-14-12-13-18(17-19)21(23)24/h18-20H,3-17H2,1-2H3,(H,23,24). The molecule has 0 aliphatic heterocycles. The van der Waals surface area contributed by atoms with E-state index < -0.39 is 5.97 Å². The average Bonchev–Trinajstić information content (AvgIpc) is 2.64. The van der Waals surface area contributed by atoms with E-state index in [-0.39, 0.29) is 23.9 Å². The highest BCUT2D eigenvalue weighted by molar-refractivity contribution is 5.75. The molecule has 3 unspecified atom stereocenters. The number of esters is 1. The zero-order valence-corrected chi connectivity index (χ0v) is 17.0. The largest absolute Gasteiger partial charge is 0.481 e. The van der Waals surface area contributed by atoms with Crippen LogP contribution in [0.3, 0.4) is 0 Å². The molecule has 0 saturated heterocycles. The first-order valence-corrected chi connectivity index (χ1v) is 11.0. The van der Waals surface area contributed by atoms with Crippen molar-refractivity contribution in [2.24, 2.45) is 11.8 Å². The Balaban J connectivity index is 2.44. The molecule has 1 rings (SSSR count). The number of carboxylic acids is 1. The molecular formula is C22H40O4. The van der Waals surface area contributed by atoms with Crippen LogP contribution in [0.25, 0.3) is 0 Å². The van der Waals surface area contributed by atoms with Crippen LogP contribution in [0.4, 0.5) is 0 Å². The van der Waals surface area contributed by atoms with Crippen molar-refractivity contribution in [2.45, 2.75) is 116 Å². The summed E-state index contributed by atoms with van der Waals surface area (Å²) in [4.78, 5) is 23.8. The van der Waals surface area contributed by atoms with Crippen LogP contribution in [0.5, 0.6) is 0 Å². The van der Waals surface area contributed by atoms with Crippen molar-refractivity contribution in [3.63, 3.8) is 0 Å². The number of hydrogen-bond acceptors (Lipinski definition) is 3. The Hall–Kier alpha value is -1.06. The van der Waals surface area contributed by atoms with Crippen molar-refractivity contribution >= 4 is 11.9 Å². The Kier molecular flexibility index (Phi) is 12.4. The van der Waals surface area contributed by atoms with Crippen LogP contribution in [0.2, 0.25) is 0 Å². The molecule has 0 spiro atoms. The van der Waals surface area contributed by atoms with E-state index in [1.807, 2.05) is 0 Å². The van der Waals surface area contributed by atoms with Gasteiger partial charge in [0.1, 0.15) is 6.10 Å².